The van der Waals surface area contributed by atoms with Crippen LogP contribution in [0.2, 0.25) is 0 Å². The van der Waals surface area contributed by atoms with Crippen LogP contribution in [0, 0.1) is 19.8 Å². The summed E-state index contributed by atoms with van der Waals surface area (Å²) in [7, 11) is 1.60. The van der Waals surface area contributed by atoms with Crippen LogP contribution in [0.1, 0.15) is 36.6 Å². The highest BCUT2D eigenvalue weighted by molar-refractivity contribution is 5.90. The van der Waals surface area contributed by atoms with E-state index in [1.54, 1.807) is 16.7 Å². The van der Waals surface area contributed by atoms with Crippen LogP contribution in [0.15, 0.2) is 24.3 Å². The van der Waals surface area contributed by atoms with Gasteiger partial charge in [0.05, 0.1) is 25.6 Å². The molecule has 2 aromatic rings. The average Bonchev–Trinajstić information content (AvgIpc) is 3.19. The lowest BCUT2D eigenvalue weighted by Gasteiger charge is -2.28. The zero-order valence-corrected chi connectivity index (χ0v) is 16.8. The van der Waals surface area contributed by atoms with Crippen molar-refractivity contribution in [3.05, 3.63) is 41.5 Å². The number of ether oxygens (including phenoxy) is 1. The zero-order valence-electron chi connectivity index (χ0n) is 16.8. The number of hydrogen-bond donors (Lipinski definition) is 1. The Morgan fingerprint density at radius 3 is 2.71 bits per heavy atom. The monoisotopic (exact) mass is 385 g/mol. The first-order chi connectivity index (χ1) is 13.5. The number of amides is 2. The summed E-state index contributed by atoms with van der Waals surface area (Å²) >= 11 is 0. The summed E-state index contributed by atoms with van der Waals surface area (Å²) in [5, 5.41) is 7.27. The van der Waals surface area contributed by atoms with Gasteiger partial charge in [-0.15, -0.1) is 0 Å². The topological polar surface area (TPSA) is 89.4 Å². The van der Waals surface area contributed by atoms with Crippen molar-refractivity contribution in [2.45, 2.75) is 39.8 Å². The number of methoxy groups -OCH3 is 1. The number of carbonyl (C=O) groups excluding carboxylic acids is 2. The van der Waals surface area contributed by atoms with E-state index in [4.69, 9.17) is 4.74 Å². The van der Waals surface area contributed by atoms with E-state index in [0.29, 0.717) is 31.2 Å². The maximum absolute atomic E-state index is 12.9. The second-order valence-corrected chi connectivity index (χ2v) is 6.90. The highest BCUT2D eigenvalue weighted by Crippen LogP contribution is 2.41. The first-order valence-electron chi connectivity index (χ1n) is 9.54. The van der Waals surface area contributed by atoms with E-state index in [1.165, 1.54) is 0 Å². The number of benzene rings is 1. The molecular weight excluding hydrogens is 358 g/mol. The number of carbonyl (C=O) groups is 2. The quantitative estimate of drug-likeness (QED) is 0.782. The van der Waals surface area contributed by atoms with E-state index in [9.17, 15) is 9.59 Å². The van der Waals surface area contributed by atoms with E-state index in [0.717, 1.165) is 11.4 Å². The highest BCUT2D eigenvalue weighted by atomic mass is 16.5. The molecule has 0 unspecified atom stereocenters. The third kappa shape index (κ3) is 3.85. The van der Waals surface area contributed by atoms with Crippen molar-refractivity contribution in [2.24, 2.45) is 5.92 Å². The number of rotatable bonds is 7. The number of aryl methyl sites for hydroxylation is 2. The van der Waals surface area contributed by atoms with Gasteiger partial charge < -0.3 is 15.0 Å². The Morgan fingerprint density at radius 2 is 2.07 bits per heavy atom. The van der Waals surface area contributed by atoms with Gasteiger partial charge in [0.15, 0.2) is 0 Å². The molecule has 28 heavy (non-hydrogen) atoms. The molecule has 2 atom stereocenters. The molecule has 1 fully saturated rings. The average molecular weight is 385 g/mol. The maximum Gasteiger partial charge on any atom is 0.226 e. The Balaban J connectivity index is 1.75. The van der Waals surface area contributed by atoms with E-state index in [2.05, 4.69) is 15.4 Å². The van der Waals surface area contributed by atoms with Gasteiger partial charge in [-0.25, -0.2) is 9.67 Å². The van der Waals surface area contributed by atoms with Gasteiger partial charge in [-0.2, -0.15) is 5.10 Å². The molecule has 8 nitrogen and oxygen atoms in total. The van der Waals surface area contributed by atoms with Crippen LogP contribution in [0.3, 0.4) is 0 Å². The van der Waals surface area contributed by atoms with Crippen LogP contribution in [0.25, 0.3) is 0 Å². The van der Waals surface area contributed by atoms with Gasteiger partial charge in [-0.05, 0) is 26.8 Å². The Labute approximate surface area is 164 Å². The largest absolute Gasteiger partial charge is 0.496 e. The molecule has 1 aliphatic heterocycles. The van der Waals surface area contributed by atoms with Crippen molar-refractivity contribution >= 4 is 11.8 Å². The third-order valence-electron chi connectivity index (χ3n) is 5.15. The minimum atomic E-state index is -0.456. The van der Waals surface area contributed by atoms with Gasteiger partial charge in [-0.1, -0.05) is 18.2 Å². The third-order valence-corrected chi connectivity index (χ3v) is 5.15. The molecule has 0 saturated carbocycles. The SMILES string of the molecule is CCN1C(=O)C[C@@H](C(=O)NCCn2nc(C)nc2C)[C@@H]1c1ccccc1OC. The minimum absolute atomic E-state index is 0.0127. The van der Waals surface area contributed by atoms with E-state index in [-0.39, 0.29) is 24.3 Å². The summed E-state index contributed by atoms with van der Waals surface area (Å²) in [6.07, 6.45) is 0.198. The standard InChI is InChI=1S/C20H27N5O3/c1-5-24-18(26)12-16(19(24)15-8-6-7-9-17(15)28-4)20(27)21-10-11-25-14(3)22-13(2)23-25/h6-9,16,19H,5,10-12H2,1-4H3,(H,21,27)/t16-,19+/m1/s1. The molecule has 0 bridgehead atoms. The highest BCUT2D eigenvalue weighted by Gasteiger charge is 2.44. The fraction of sp³-hybridized carbons (Fsp3) is 0.500. The van der Waals surface area contributed by atoms with Crippen molar-refractivity contribution in [1.82, 2.24) is 25.0 Å². The predicted molar refractivity (Wildman–Crippen MR) is 104 cm³/mol. The molecule has 150 valence electrons. The van der Waals surface area contributed by atoms with Crippen LogP contribution >= 0.6 is 0 Å². The van der Waals surface area contributed by atoms with Crippen molar-refractivity contribution in [3.63, 3.8) is 0 Å². The summed E-state index contributed by atoms with van der Waals surface area (Å²) in [5.74, 6) is 1.61. The molecule has 1 saturated heterocycles. The van der Waals surface area contributed by atoms with Gasteiger partial charge in [-0.3, -0.25) is 9.59 Å². The second-order valence-electron chi connectivity index (χ2n) is 6.90. The number of likely N-dealkylation sites (tertiary alicyclic amines) is 1. The first kappa shape index (κ1) is 19.9. The number of aromatic nitrogens is 3. The summed E-state index contributed by atoms with van der Waals surface area (Å²) in [4.78, 5) is 31.5. The Bertz CT molecular complexity index is 863. The molecule has 8 heteroatoms. The molecule has 2 amide bonds. The number of nitrogens with one attached hydrogen (secondary N) is 1. The van der Waals surface area contributed by atoms with Crippen molar-refractivity contribution in [3.8, 4) is 5.75 Å². The van der Waals surface area contributed by atoms with Gasteiger partial charge >= 0.3 is 0 Å². The van der Waals surface area contributed by atoms with Gasteiger partial charge in [0.25, 0.3) is 0 Å². The zero-order chi connectivity index (χ0) is 20.3. The van der Waals surface area contributed by atoms with Crippen LogP contribution in [-0.2, 0) is 16.1 Å². The van der Waals surface area contributed by atoms with Crippen molar-refractivity contribution < 1.29 is 14.3 Å². The van der Waals surface area contributed by atoms with E-state index in [1.807, 2.05) is 45.0 Å². The lowest BCUT2D eigenvalue weighted by Crippen LogP contribution is -2.37. The van der Waals surface area contributed by atoms with E-state index < -0.39 is 5.92 Å². The lowest BCUT2D eigenvalue weighted by molar-refractivity contribution is -0.129. The Hall–Kier alpha value is -2.90. The molecule has 0 radical (unpaired) electrons. The molecule has 1 aliphatic rings. The first-order valence-corrected chi connectivity index (χ1v) is 9.54. The molecule has 3 rings (SSSR count). The summed E-state index contributed by atoms with van der Waals surface area (Å²) in [6.45, 7) is 7.16. The van der Waals surface area contributed by atoms with Gasteiger partial charge in [0.1, 0.15) is 17.4 Å². The molecular formula is C20H27N5O3. The Morgan fingerprint density at radius 1 is 1.32 bits per heavy atom. The van der Waals surface area contributed by atoms with Crippen LogP contribution in [-0.4, -0.2) is 51.7 Å². The molecule has 0 aliphatic carbocycles. The van der Waals surface area contributed by atoms with Crippen LogP contribution in [0.5, 0.6) is 5.75 Å². The molecule has 1 aromatic carbocycles. The lowest BCUT2D eigenvalue weighted by atomic mass is 9.92. The van der Waals surface area contributed by atoms with Crippen molar-refractivity contribution in [2.75, 3.05) is 20.2 Å². The van der Waals surface area contributed by atoms with E-state index >= 15 is 0 Å². The molecule has 0 spiro atoms. The number of para-hydroxylation sites is 1. The van der Waals surface area contributed by atoms with Crippen LogP contribution < -0.4 is 10.1 Å². The second kappa shape index (κ2) is 8.41. The van der Waals surface area contributed by atoms with Crippen molar-refractivity contribution in [1.29, 1.82) is 0 Å². The normalized spacial score (nSPS) is 19.1. The smallest absolute Gasteiger partial charge is 0.226 e. The summed E-state index contributed by atoms with van der Waals surface area (Å²) in [6, 6.07) is 7.24. The Kier molecular flexibility index (Phi) is 5.96. The fourth-order valence-electron chi connectivity index (χ4n) is 3.88. The fourth-order valence-corrected chi connectivity index (χ4v) is 3.88. The van der Waals surface area contributed by atoms with Gasteiger partial charge in [0, 0.05) is 25.1 Å². The summed E-state index contributed by atoms with van der Waals surface area (Å²) < 4.78 is 7.25. The maximum atomic E-state index is 12.9. The summed E-state index contributed by atoms with van der Waals surface area (Å²) in [5.41, 5.74) is 0.862. The predicted octanol–water partition coefficient (Wildman–Crippen LogP) is 1.63. The molecule has 2 heterocycles. The van der Waals surface area contributed by atoms with Crippen LogP contribution in [0.4, 0.5) is 0 Å². The number of hydrogen-bond acceptors (Lipinski definition) is 5. The molecule has 1 aromatic heterocycles. The molecule has 1 N–H and O–H groups in total. The number of nitrogens with zero attached hydrogens (tertiary/aromatic N) is 4. The van der Waals surface area contributed by atoms with Gasteiger partial charge in [0.2, 0.25) is 11.8 Å². The minimum Gasteiger partial charge on any atom is -0.496 e.